The first-order chi connectivity index (χ1) is 18.4. The summed E-state index contributed by atoms with van der Waals surface area (Å²) in [6.45, 7) is 0.353. The molecule has 0 radical (unpaired) electrons. The SMILES string of the molecule is O=C(CCc1ccccc1)N(Cc1cccnc1)c1ccc2c(c1)C(NS(=O)(=O)c1ccc(F)cc1)CC2. The molecule has 38 heavy (non-hydrogen) atoms. The van der Waals surface area contributed by atoms with Crippen LogP contribution in [0.2, 0.25) is 0 Å². The Kier molecular flexibility index (Phi) is 7.62. The van der Waals surface area contributed by atoms with E-state index in [1.165, 1.54) is 12.1 Å². The summed E-state index contributed by atoms with van der Waals surface area (Å²) in [5, 5.41) is 0. The van der Waals surface area contributed by atoms with E-state index in [1.54, 1.807) is 17.3 Å². The number of aryl methyl sites for hydroxylation is 2. The Hall–Kier alpha value is -3.88. The van der Waals surface area contributed by atoms with Crippen LogP contribution in [0, 0.1) is 5.82 Å². The van der Waals surface area contributed by atoms with Gasteiger partial charge in [0.25, 0.3) is 0 Å². The van der Waals surface area contributed by atoms with Crippen molar-refractivity contribution in [2.75, 3.05) is 4.90 Å². The van der Waals surface area contributed by atoms with Crippen LogP contribution in [-0.4, -0.2) is 19.3 Å². The Bertz CT molecular complexity index is 1510. The molecular weight excluding hydrogens is 501 g/mol. The maximum Gasteiger partial charge on any atom is 0.241 e. The van der Waals surface area contributed by atoms with Crippen LogP contribution in [0.15, 0.2) is 102 Å². The molecule has 8 heteroatoms. The highest BCUT2D eigenvalue weighted by atomic mass is 32.2. The van der Waals surface area contributed by atoms with E-state index in [9.17, 15) is 17.6 Å². The Balaban J connectivity index is 1.41. The van der Waals surface area contributed by atoms with Crippen LogP contribution in [0.3, 0.4) is 0 Å². The van der Waals surface area contributed by atoms with Crippen molar-refractivity contribution in [3.8, 4) is 0 Å². The number of hydrogen-bond acceptors (Lipinski definition) is 4. The van der Waals surface area contributed by atoms with Crippen LogP contribution < -0.4 is 9.62 Å². The lowest BCUT2D eigenvalue weighted by molar-refractivity contribution is -0.118. The molecule has 1 unspecified atom stereocenters. The molecule has 1 heterocycles. The van der Waals surface area contributed by atoms with E-state index in [4.69, 9.17) is 0 Å². The molecule has 0 bridgehead atoms. The summed E-state index contributed by atoms with van der Waals surface area (Å²) in [4.78, 5) is 19.5. The van der Waals surface area contributed by atoms with Crippen molar-refractivity contribution in [2.24, 2.45) is 0 Å². The summed E-state index contributed by atoms with van der Waals surface area (Å²) in [7, 11) is -3.85. The fourth-order valence-corrected chi connectivity index (χ4v) is 6.03. The second-order valence-corrected chi connectivity index (χ2v) is 11.1. The van der Waals surface area contributed by atoms with Gasteiger partial charge in [-0.05, 0) is 84.0 Å². The second-order valence-electron chi connectivity index (χ2n) is 9.38. The number of benzene rings is 3. The van der Waals surface area contributed by atoms with E-state index in [0.717, 1.165) is 40.8 Å². The highest BCUT2D eigenvalue weighted by Gasteiger charge is 2.29. The molecule has 1 aliphatic carbocycles. The molecule has 0 saturated carbocycles. The Morgan fingerprint density at radius 2 is 1.74 bits per heavy atom. The fraction of sp³-hybridized carbons (Fsp3) is 0.200. The normalized spacial score (nSPS) is 14.7. The van der Waals surface area contributed by atoms with E-state index in [-0.39, 0.29) is 10.8 Å². The highest BCUT2D eigenvalue weighted by Crippen LogP contribution is 2.35. The van der Waals surface area contributed by atoms with E-state index < -0.39 is 21.9 Å². The van der Waals surface area contributed by atoms with Crippen LogP contribution >= 0.6 is 0 Å². The number of carbonyl (C=O) groups excluding carboxylic acids is 1. The van der Waals surface area contributed by atoms with Crippen molar-refractivity contribution in [1.29, 1.82) is 0 Å². The molecule has 5 rings (SSSR count). The number of aromatic nitrogens is 1. The molecule has 4 aromatic rings. The molecule has 1 aliphatic rings. The molecule has 194 valence electrons. The number of pyridine rings is 1. The van der Waals surface area contributed by atoms with Gasteiger partial charge in [0, 0.05) is 30.5 Å². The molecule has 1 N–H and O–H groups in total. The quantitative estimate of drug-likeness (QED) is 0.317. The Labute approximate surface area is 222 Å². The number of halogens is 1. The van der Waals surface area contributed by atoms with Gasteiger partial charge in [0.15, 0.2) is 0 Å². The van der Waals surface area contributed by atoms with Gasteiger partial charge in [-0.15, -0.1) is 0 Å². The average molecular weight is 530 g/mol. The molecule has 1 amide bonds. The lowest BCUT2D eigenvalue weighted by atomic mass is 10.1. The minimum absolute atomic E-state index is 0.0119. The third kappa shape index (κ3) is 5.98. The minimum atomic E-state index is -3.85. The molecule has 0 fully saturated rings. The number of nitrogens with one attached hydrogen (secondary N) is 1. The van der Waals surface area contributed by atoms with Gasteiger partial charge in [0.05, 0.1) is 11.4 Å². The van der Waals surface area contributed by atoms with Crippen molar-refractivity contribution >= 4 is 21.6 Å². The first-order valence-electron chi connectivity index (χ1n) is 12.5. The van der Waals surface area contributed by atoms with E-state index in [2.05, 4.69) is 9.71 Å². The van der Waals surface area contributed by atoms with Crippen LogP contribution in [0.5, 0.6) is 0 Å². The number of amides is 1. The number of nitrogens with zero attached hydrogens (tertiary/aromatic N) is 2. The smallest absolute Gasteiger partial charge is 0.241 e. The zero-order chi connectivity index (χ0) is 26.5. The van der Waals surface area contributed by atoms with Crippen molar-refractivity contribution < 1.29 is 17.6 Å². The third-order valence-electron chi connectivity index (χ3n) is 6.78. The second kappa shape index (κ2) is 11.2. The van der Waals surface area contributed by atoms with Crippen molar-refractivity contribution in [3.05, 3.63) is 125 Å². The van der Waals surface area contributed by atoms with E-state index in [1.807, 2.05) is 60.7 Å². The summed E-state index contributed by atoms with van der Waals surface area (Å²) in [5.74, 6) is -0.524. The average Bonchev–Trinajstić information content (AvgIpc) is 3.33. The number of carbonyl (C=O) groups is 1. The van der Waals surface area contributed by atoms with Crippen molar-refractivity contribution in [3.63, 3.8) is 0 Å². The van der Waals surface area contributed by atoms with Gasteiger partial charge in [-0.1, -0.05) is 42.5 Å². The van der Waals surface area contributed by atoms with E-state index in [0.29, 0.717) is 31.5 Å². The summed E-state index contributed by atoms with van der Waals surface area (Å²) in [5.41, 5.74) is 4.58. The van der Waals surface area contributed by atoms with Crippen molar-refractivity contribution in [2.45, 2.75) is 43.2 Å². The Morgan fingerprint density at radius 3 is 2.47 bits per heavy atom. The maximum atomic E-state index is 13.5. The van der Waals surface area contributed by atoms with Gasteiger partial charge in [-0.25, -0.2) is 17.5 Å². The zero-order valence-electron chi connectivity index (χ0n) is 20.8. The monoisotopic (exact) mass is 529 g/mol. The lowest BCUT2D eigenvalue weighted by Crippen LogP contribution is -2.31. The zero-order valence-corrected chi connectivity index (χ0v) is 21.6. The van der Waals surface area contributed by atoms with Crippen LogP contribution in [0.1, 0.15) is 41.1 Å². The first kappa shape index (κ1) is 25.8. The van der Waals surface area contributed by atoms with E-state index >= 15 is 0 Å². The first-order valence-corrected chi connectivity index (χ1v) is 14.0. The van der Waals surface area contributed by atoms with Gasteiger partial charge < -0.3 is 4.90 Å². The summed E-state index contributed by atoms with van der Waals surface area (Å²) >= 11 is 0. The number of fused-ring (bicyclic) bond motifs is 1. The predicted octanol–water partition coefficient (Wildman–Crippen LogP) is 5.35. The maximum absolute atomic E-state index is 13.5. The summed E-state index contributed by atoms with van der Waals surface area (Å²) < 4.78 is 42.1. The molecule has 1 atom stereocenters. The number of hydrogen-bond donors (Lipinski definition) is 1. The summed E-state index contributed by atoms with van der Waals surface area (Å²) in [6.07, 6.45) is 5.71. The standard InChI is InChI=1S/C30H28FN3O3S/c31-25-11-14-27(15-12-25)38(36,37)33-29-16-10-24-9-13-26(19-28(24)29)34(21-23-7-4-18-32-20-23)30(35)17-8-22-5-2-1-3-6-22/h1-7,9,11-15,18-20,29,33H,8,10,16-17,21H2. The van der Waals surface area contributed by atoms with Gasteiger partial charge in [0.2, 0.25) is 15.9 Å². The van der Waals surface area contributed by atoms with Gasteiger partial charge in [-0.2, -0.15) is 0 Å². The largest absolute Gasteiger partial charge is 0.308 e. The molecule has 0 saturated heterocycles. The topological polar surface area (TPSA) is 79.4 Å². The highest BCUT2D eigenvalue weighted by molar-refractivity contribution is 7.89. The predicted molar refractivity (Wildman–Crippen MR) is 144 cm³/mol. The van der Waals surface area contributed by atoms with Crippen LogP contribution in [0.4, 0.5) is 10.1 Å². The number of rotatable bonds is 9. The fourth-order valence-electron chi connectivity index (χ4n) is 4.78. The minimum Gasteiger partial charge on any atom is -0.308 e. The lowest BCUT2D eigenvalue weighted by Gasteiger charge is -2.25. The van der Waals surface area contributed by atoms with Crippen molar-refractivity contribution in [1.82, 2.24) is 9.71 Å². The van der Waals surface area contributed by atoms with Crippen LogP contribution in [-0.2, 0) is 34.2 Å². The number of sulfonamides is 1. The molecule has 3 aromatic carbocycles. The molecule has 0 aliphatic heterocycles. The molecule has 1 aromatic heterocycles. The Morgan fingerprint density at radius 1 is 0.974 bits per heavy atom. The number of anilines is 1. The molecule has 0 spiro atoms. The third-order valence-corrected chi connectivity index (χ3v) is 8.26. The van der Waals surface area contributed by atoms with Gasteiger partial charge >= 0.3 is 0 Å². The summed E-state index contributed by atoms with van der Waals surface area (Å²) in [6, 6.07) is 23.8. The molecule has 6 nitrogen and oxygen atoms in total. The van der Waals surface area contributed by atoms with Gasteiger partial charge in [-0.3, -0.25) is 9.78 Å². The molecular formula is C30H28FN3O3S. The van der Waals surface area contributed by atoms with Gasteiger partial charge in [0.1, 0.15) is 5.82 Å². The van der Waals surface area contributed by atoms with Crippen LogP contribution in [0.25, 0.3) is 0 Å².